The number of aromatic nitrogens is 2. The second-order valence-corrected chi connectivity index (χ2v) is 11.5. The first kappa shape index (κ1) is 22.8. The lowest BCUT2D eigenvalue weighted by Gasteiger charge is -2.29. The fourth-order valence-corrected chi connectivity index (χ4v) is 7.44. The lowest BCUT2D eigenvalue weighted by molar-refractivity contribution is 1.18. The summed E-state index contributed by atoms with van der Waals surface area (Å²) >= 11 is 0. The van der Waals surface area contributed by atoms with Gasteiger partial charge in [-0.1, -0.05) is 108 Å². The smallest absolute Gasteiger partial charge is 0.332 e. The minimum atomic E-state index is 0.0266. The molecular formula is C38H27BN2. The zero-order chi connectivity index (χ0) is 27.2. The minimum Gasteiger partial charge on any atom is -0.375 e. The quantitative estimate of drug-likeness (QED) is 0.203. The fraction of sp³-hybridized carbons (Fsp3) is 0.0526. The van der Waals surface area contributed by atoms with Crippen LogP contribution >= 0.6 is 0 Å². The molecule has 9 rings (SSSR count). The molecule has 0 atom stereocenters. The zero-order valence-electron chi connectivity index (χ0n) is 23.1. The molecule has 3 heteroatoms. The van der Waals surface area contributed by atoms with Crippen LogP contribution in [0.4, 0.5) is 0 Å². The van der Waals surface area contributed by atoms with Crippen LogP contribution in [0.1, 0.15) is 11.1 Å². The van der Waals surface area contributed by atoms with E-state index in [2.05, 4.69) is 150 Å². The molecule has 2 aromatic heterocycles. The molecule has 0 saturated carbocycles. The Morgan fingerprint density at radius 2 is 1.24 bits per heavy atom. The molecule has 3 heterocycles. The van der Waals surface area contributed by atoms with E-state index in [0.717, 1.165) is 0 Å². The van der Waals surface area contributed by atoms with E-state index in [9.17, 15) is 0 Å². The van der Waals surface area contributed by atoms with Gasteiger partial charge in [0.15, 0.2) is 0 Å². The van der Waals surface area contributed by atoms with Crippen molar-refractivity contribution >= 4 is 61.4 Å². The van der Waals surface area contributed by atoms with Crippen LogP contribution in [0, 0.1) is 13.8 Å². The van der Waals surface area contributed by atoms with E-state index in [1.165, 1.54) is 82.5 Å². The van der Waals surface area contributed by atoms with Crippen molar-refractivity contribution in [2.45, 2.75) is 13.8 Å². The molecule has 192 valence electrons. The van der Waals surface area contributed by atoms with E-state index in [4.69, 9.17) is 0 Å². The van der Waals surface area contributed by atoms with Crippen molar-refractivity contribution in [3.63, 3.8) is 0 Å². The summed E-state index contributed by atoms with van der Waals surface area (Å²) in [5.74, 6) is 0. The van der Waals surface area contributed by atoms with Gasteiger partial charge in [-0.2, -0.15) is 0 Å². The first-order valence-corrected chi connectivity index (χ1v) is 14.4. The highest BCUT2D eigenvalue weighted by Gasteiger charge is 2.36. The number of fused-ring (bicyclic) bond motifs is 8. The Kier molecular flexibility index (Phi) is 4.58. The van der Waals surface area contributed by atoms with Crippen molar-refractivity contribution in [2.24, 2.45) is 0 Å². The Balaban J connectivity index is 1.51. The van der Waals surface area contributed by atoms with Gasteiger partial charge in [-0.25, -0.2) is 0 Å². The van der Waals surface area contributed by atoms with Gasteiger partial charge in [-0.3, -0.25) is 0 Å². The number of rotatable bonds is 2. The van der Waals surface area contributed by atoms with Crippen LogP contribution in [-0.2, 0) is 0 Å². The van der Waals surface area contributed by atoms with Crippen LogP contribution in [0.15, 0.2) is 127 Å². The van der Waals surface area contributed by atoms with Crippen LogP contribution in [0.5, 0.6) is 0 Å². The summed E-state index contributed by atoms with van der Waals surface area (Å²) in [6.07, 6.45) is 0. The highest BCUT2D eigenvalue weighted by Crippen LogP contribution is 2.39. The van der Waals surface area contributed by atoms with Gasteiger partial charge < -0.3 is 9.05 Å². The molecule has 0 aliphatic carbocycles. The van der Waals surface area contributed by atoms with E-state index in [-0.39, 0.29) is 6.85 Å². The molecule has 41 heavy (non-hydrogen) atoms. The molecule has 2 nitrogen and oxygen atoms in total. The fourth-order valence-electron chi connectivity index (χ4n) is 7.44. The molecule has 1 aliphatic heterocycles. The van der Waals surface area contributed by atoms with Crippen LogP contribution in [0.3, 0.4) is 0 Å². The van der Waals surface area contributed by atoms with Crippen LogP contribution < -0.4 is 10.9 Å². The molecule has 0 radical (unpaired) electrons. The van der Waals surface area contributed by atoms with E-state index in [1.807, 2.05) is 0 Å². The minimum absolute atomic E-state index is 0.0266. The van der Waals surface area contributed by atoms with Gasteiger partial charge in [-0.15, -0.1) is 0 Å². The third kappa shape index (κ3) is 3.04. The molecule has 0 unspecified atom stereocenters. The van der Waals surface area contributed by atoms with Crippen molar-refractivity contribution in [3.05, 3.63) is 139 Å². The lowest BCUT2D eigenvalue weighted by Crippen LogP contribution is -2.53. The van der Waals surface area contributed by atoms with E-state index < -0.39 is 0 Å². The molecule has 6 aromatic carbocycles. The largest absolute Gasteiger partial charge is 0.375 e. The molecule has 0 spiro atoms. The Bertz CT molecular complexity index is 2340. The zero-order valence-corrected chi connectivity index (χ0v) is 23.1. The molecule has 8 aromatic rings. The summed E-state index contributed by atoms with van der Waals surface area (Å²) in [5.41, 5.74) is 14.2. The molecule has 0 saturated heterocycles. The summed E-state index contributed by atoms with van der Waals surface area (Å²) in [5, 5.41) is 5.25. The van der Waals surface area contributed by atoms with Crippen molar-refractivity contribution in [1.29, 1.82) is 0 Å². The molecular weight excluding hydrogens is 495 g/mol. The van der Waals surface area contributed by atoms with E-state index >= 15 is 0 Å². The predicted octanol–water partition coefficient (Wildman–Crippen LogP) is 8.14. The monoisotopic (exact) mass is 522 g/mol. The van der Waals surface area contributed by atoms with Gasteiger partial charge in [0.2, 0.25) is 0 Å². The highest BCUT2D eigenvalue weighted by molar-refractivity contribution is 6.88. The van der Waals surface area contributed by atoms with Crippen LogP contribution in [0.2, 0.25) is 0 Å². The topological polar surface area (TPSA) is 9.86 Å². The van der Waals surface area contributed by atoms with Crippen LogP contribution in [-0.4, -0.2) is 15.9 Å². The molecule has 0 fully saturated rings. The van der Waals surface area contributed by atoms with Gasteiger partial charge in [0.1, 0.15) is 0 Å². The van der Waals surface area contributed by atoms with Gasteiger partial charge in [0.05, 0.1) is 11.0 Å². The summed E-state index contributed by atoms with van der Waals surface area (Å²) in [6, 6.07) is 47.3. The Labute approximate surface area is 239 Å². The summed E-state index contributed by atoms with van der Waals surface area (Å²) in [6.45, 7) is 4.46. The lowest BCUT2D eigenvalue weighted by atomic mass is 9.48. The first-order valence-electron chi connectivity index (χ1n) is 14.4. The highest BCUT2D eigenvalue weighted by atomic mass is 15.0. The standard InChI is InChI=1S/C38H27BN2/c1-24-19-20-34-30(21-24)31-22-25(2)23-33-38(31)40(34)36-18-9-7-16-32(36)39(33)41-35-17-8-6-13-28(35)29-15-10-14-27(37(29)41)26-11-4-3-5-12-26/h3-23H,1-2H3. The third-order valence-corrected chi connectivity index (χ3v) is 9.03. The first-order chi connectivity index (χ1) is 20.2. The maximum atomic E-state index is 2.63. The van der Waals surface area contributed by atoms with E-state index in [0.29, 0.717) is 0 Å². The van der Waals surface area contributed by atoms with Crippen molar-refractivity contribution in [2.75, 3.05) is 0 Å². The Morgan fingerprint density at radius 3 is 2.15 bits per heavy atom. The number of hydrogen-bond acceptors (Lipinski definition) is 0. The number of benzene rings is 6. The second kappa shape index (κ2) is 8.25. The van der Waals surface area contributed by atoms with Gasteiger partial charge >= 0.3 is 6.85 Å². The number of para-hydroxylation sites is 3. The Morgan fingerprint density at radius 1 is 0.488 bits per heavy atom. The van der Waals surface area contributed by atoms with Gasteiger partial charge in [0, 0.05) is 43.8 Å². The van der Waals surface area contributed by atoms with Gasteiger partial charge in [-0.05, 0) is 60.7 Å². The third-order valence-electron chi connectivity index (χ3n) is 9.03. The maximum Gasteiger partial charge on any atom is 0.332 e. The second-order valence-electron chi connectivity index (χ2n) is 11.5. The summed E-state index contributed by atoms with van der Waals surface area (Å²) in [4.78, 5) is 0. The van der Waals surface area contributed by atoms with Crippen molar-refractivity contribution in [3.8, 4) is 16.8 Å². The number of aryl methyl sites for hydroxylation is 2. The molecule has 1 aliphatic rings. The van der Waals surface area contributed by atoms with Gasteiger partial charge in [0.25, 0.3) is 0 Å². The summed E-state index contributed by atoms with van der Waals surface area (Å²) < 4.78 is 5.14. The van der Waals surface area contributed by atoms with Crippen molar-refractivity contribution < 1.29 is 0 Å². The average molecular weight is 522 g/mol. The molecule has 0 amide bonds. The summed E-state index contributed by atoms with van der Waals surface area (Å²) in [7, 11) is 0. The molecule has 0 N–H and O–H groups in total. The predicted molar refractivity (Wildman–Crippen MR) is 176 cm³/mol. The van der Waals surface area contributed by atoms with E-state index in [1.54, 1.807) is 0 Å². The SMILES string of the molecule is Cc1ccc2c(c1)c1cc(C)cc3c1n2-c1ccccc1B3n1c2ccccc2c2cccc(-c3ccccc3)c21. The number of nitrogens with zero attached hydrogens (tertiary/aromatic N) is 2. The number of hydrogen-bond donors (Lipinski definition) is 0. The Hall–Kier alpha value is -5.02. The molecule has 0 bridgehead atoms. The normalized spacial score (nSPS) is 12.6. The van der Waals surface area contributed by atoms with Crippen molar-refractivity contribution in [1.82, 2.24) is 9.05 Å². The average Bonchev–Trinajstić information content (AvgIpc) is 3.51. The van der Waals surface area contributed by atoms with Crippen LogP contribution in [0.25, 0.3) is 60.4 Å². The maximum absolute atomic E-state index is 2.63.